The van der Waals surface area contributed by atoms with E-state index in [1.54, 1.807) is 25.7 Å². The van der Waals surface area contributed by atoms with Gasteiger partial charge in [-0.15, -0.1) is 0 Å². The van der Waals surface area contributed by atoms with Gasteiger partial charge in [0.15, 0.2) is 0 Å². The van der Waals surface area contributed by atoms with Gasteiger partial charge < -0.3 is 19.9 Å². The molecule has 1 aliphatic rings. The monoisotopic (exact) mass is 379 g/mol. The number of aromatic amines is 1. The summed E-state index contributed by atoms with van der Waals surface area (Å²) >= 11 is 0. The van der Waals surface area contributed by atoms with E-state index < -0.39 is 0 Å². The number of ether oxygens (including phenoxy) is 1. The largest absolute Gasteiger partial charge is 0.496 e. The second-order valence-electron chi connectivity index (χ2n) is 7.06. The topological polar surface area (TPSA) is 83.1 Å². The first-order chi connectivity index (χ1) is 13.8. The number of carbonyl (C=O) groups excluding carboxylic acids is 1. The number of methoxy groups -OCH3 is 1. The molecule has 4 rings (SSSR count). The Kier molecular flexibility index (Phi) is 5.41. The molecule has 0 bridgehead atoms. The van der Waals surface area contributed by atoms with Gasteiger partial charge in [-0.25, -0.2) is 4.98 Å². The molecule has 1 fully saturated rings. The minimum Gasteiger partial charge on any atom is -0.496 e. The number of piperidine rings is 1. The van der Waals surface area contributed by atoms with Gasteiger partial charge in [0.25, 0.3) is 0 Å². The second kappa shape index (κ2) is 8.29. The number of amides is 1. The molecule has 0 atom stereocenters. The molecule has 1 amide bonds. The van der Waals surface area contributed by atoms with Crippen molar-refractivity contribution in [1.29, 1.82) is 0 Å². The molecular weight excluding hydrogens is 354 g/mol. The minimum absolute atomic E-state index is 0.0606. The summed E-state index contributed by atoms with van der Waals surface area (Å²) in [6.07, 6.45) is 9.59. The molecule has 1 aliphatic heterocycles. The van der Waals surface area contributed by atoms with Crippen LogP contribution in [0, 0.1) is 5.92 Å². The zero-order valence-corrected chi connectivity index (χ0v) is 16.0. The van der Waals surface area contributed by atoms with Crippen molar-refractivity contribution in [2.75, 3.05) is 31.6 Å². The molecule has 0 unspecified atom stereocenters. The van der Waals surface area contributed by atoms with Gasteiger partial charge in [-0.2, -0.15) is 0 Å². The predicted octanol–water partition coefficient (Wildman–Crippen LogP) is 2.54. The Balaban J connectivity index is 1.29. The van der Waals surface area contributed by atoms with Gasteiger partial charge in [-0.05, 0) is 37.0 Å². The van der Waals surface area contributed by atoms with Gasteiger partial charge in [0.1, 0.15) is 11.6 Å². The van der Waals surface area contributed by atoms with E-state index in [1.807, 2.05) is 24.4 Å². The molecule has 3 heterocycles. The van der Waals surface area contributed by atoms with Crippen molar-refractivity contribution in [2.24, 2.45) is 5.92 Å². The standard InChI is InChI=1S/C21H25N5O2/c1-28-18-4-2-3-17-20(18)16(13-25-17)5-8-24-21(27)15-6-11-26(12-7-15)19-14-22-9-10-23-19/h2-4,9-10,13-15,25H,5-8,11-12H2,1H3,(H,24,27). The lowest BCUT2D eigenvalue weighted by molar-refractivity contribution is -0.125. The Morgan fingerprint density at radius 1 is 1.32 bits per heavy atom. The van der Waals surface area contributed by atoms with E-state index in [4.69, 9.17) is 4.74 Å². The summed E-state index contributed by atoms with van der Waals surface area (Å²) in [4.78, 5) is 26.5. The summed E-state index contributed by atoms with van der Waals surface area (Å²) in [5.74, 6) is 1.95. The first-order valence-electron chi connectivity index (χ1n) is 9.68. The number of aromatic nitrogens is 3. The molecule has 146 valence electrons. The maximum Gasteiger partial charge on any atom is 0.223 e. The van der Waals surface area contributed by atoms with Gasteiger partial charge >= 0.3 is 0 Å². The van der Waals surface area contributed by atoms with Crippen molar-refractivity contribution in [2.45, 2.75) is 19.3 Å². The molecule has 1 aromatic carbocycles. The van der Waals surface area contributed by atoms with Crippen molar-refractivity contribution in [3.8, 4) is 5.75 Å². The Morgan fingerprint density at radius 3 is 2.93 bits per heavy atom. The number of anilines is 1. The maximum absolute atomic E-state index is 12.6. The number of carbonyl (C=O) groups is 1. The van der Waals surface area contributed by atoms with Crippen molar-refractivity contribution in [3.63, 3.8) is 0 Å². The molecule has 3 aromatic rings. The van der Waals surface area contributed by atoms with Gasteiger partial charge in [0, 0.05) is 55.0 Å². The van der Waals surface area contributed by atoms with Crippen LogP contribution in [0.1, 0.15) is 18.4 Å². The molecule has 2 aromatic heterocycles. The van der Waals surface area contributed by atoms with E-state index >= 15 is 0 Å². The van der Waals surface area contributed by atoms with Crippen LogP contribution in [0.3, 0.4) is 0 Å². The Morgan fingerprint density at radius 2 is 2.18 bits per heavy atom. The van der Waals surface area contributed by atoms with E-state index in [0.717, 1.165) is 60.4 Å². The first-order valence-corrected chi connectivity index (χ1v) is 9.68. The summed E-state index contributed by atoms with van der Waals surface area (Å²) in [7, 11) is 1.68. The van der Waals surface area contributed by atoms with Crippen LogP contribution >= 0.6 is 0 Å². The molecule has 2 N–H and O–H groups in total. The van der Waals surface area contributed by atoms with E-state index in [2.05, 4.69) is 25.2 Å². The van der Waals surface area contributed by atoms with E-state index in [-0.39, 0.29) is 11.8 Å². The summed E-state index contributed by atoms with van der Waals surface area (Å²) in [6.45, 7) is 2.28. The Labute approximate surface area is 164 Å². The molecule has 0 radical (unpaired) electrons. The number of hydrogen-bond donors (Lipinski definition) is 2. The number of benzene rings is 1. The lowest BCUT2D eigenvalue weighted by atomic mass is 9.96. The molecule has 0 saturated carbocycles. The second-order valence-corrected chi connectivity index (χ2v) is 7.06. The SMILES string of the molecule is COc1cccc2[nH]cc(CCNC(=O)C3CCN(c4cnccn4)CC3)c12. The van der Waals surface area contributed by atoms with Crippen LogP contribution in [0.5, 0.6) is 5.75 Å². The highest BCUT2D eigenvalue weighted by atomic mass is 16.5. The Bertz CT molecular complexity index is 932. The third-order valence-electron chi connectivity index (χ3n) is 5.40. The van der Waals surface area contributed by atoms with Gasteiger partial charge in [-0.1, -0.05) is 6.07 Å². The summed E-state index contributed by atoms with van der Waals surface area (Å²) in [5, 5.41) is 4.20. The van der Waals surface area contributed by atoms with Gasteiger partial charge in [-0.3, -0.25) is 9.78 Å². The zero-order valence-electron chi connectivity index (χ0n) is 16.0. The molecule has 1 saturated heterocycles. The van der Waals surface area contributed by atoms with Crippen molar-refractivity contribution in [3.05, 3.63) is 48.5 Å². The molecule has 7 heteroatoms. The maximum atomic E-state index is 12.6. The van der Waals surface area contributed by atoms with E-state index in [9.17, 15) is 4.79 Å². The zero-order chi connectivity index (χ0) is 19.3. The molecule has 0 aliphatic carbocycles. The highest BCUT2D eigenvalue weighted by Gasteiger charge is 2.25. The minimum atomic E-state index is 0.0606. The lowest BCUT2D eigenvalue weighted by Gasteiger charge is -2.31. The molecule has 7 nitrogen and oxygen atoms in total. The van der Waals surface area contributed by atoms with Crippen LogP contribution in [0.2, 0.25) is 0 Å². The average molecular weight is 379 g/mol. The Hall–Kier alpha value is -3.09. The summed E-state index contributed by atoms with van der Waals surface area (Å²) in [6, 6.07) is 5.96. The fourth-order valence-electron chi connectivity index (χ4n) is 3.88. The quantitative estimate of drug-likeness (QED) is 0.688. The smallest absolute Gasteiger partial charge is 0.223 e. The summed E-state index contributed by atoms with van der Waals surface area (Å²) in [5.41, 5.74) is 2.21. The number of rotatable bonds is 6. The van der Waals surface area contributed by atoms with Gasteiger partial charge in [0.05, 0.1) is 13.3 Å². The van der Waals surface area contributed by atoms with Crippen LogP contribution in [-0.4, -0.2) is 47.6 Å². The number of nitrogens with zero attached hydrogens (tertiary/aromatic N) is 3. The fraction of sp³-hybridized carbons (Fsp3) is 0.381. The normalized spacial score (nSPS) is 15.0. The number of nitrogens with one attached hydrogen (secondary N) is 2. The van der Waals surface area contributed by atoms with Crippen LogP contribution in [0.4, 0.5) is 5.82 Å². The van der Waals surface area contributed by atoms with Crippen molar-refractivity contribution in [1.82, 2.24) is 20.3 Å². The van der Waals surface area contributed by atoms with Crippen LogP contribution in [0.25, 0.3) is 10.9 Å². The molecular formula is C21H25N5O2. The number of fused-ring (bicyclic) bond motifs is 1. The highest BCUT2D eigenvalue weighted by molar-refractivity contribution is 5.89. The lowest BCUT2D eigenvalue weighted by Crippen LogP contribution is -2.41. The third kappa shape index (κ3) is 3.78. The predicted molar refractivity (Wildman–Crippen MR) is 109 cm³/mol. The number of H-pyrrole nitrogens is 1. The van der Waals surface area contributed by atoms with Gasteiger partial charge in [0.2, 0.25) is 5.91 Å². The molecule has 28 heavy (non-hydrogen) atoms. The van der Waals surface area contributed by atoms with E-state index in [0.29, 0.717) is 6.54 Å². The fourth-order valence-corrected chi connectivity index (χ4v) is 3.88. The highest BCUT2D eigenvalue weighted by Crippen LogP contribution is 2.28. The van der Waals surface area contributed by atoms with Crippen molar-refractivity contribution >= 4 is 22.6 Å². The molecule has 0 spiro atoms. The summed E-state index contributed by atoms with van der Waals surface area (Å²) < 4.78 is 5.47. The third-order valence-corrected chi connectivity index (χ3v) is 5.40. The van der Waals surface area contributed by atoms with Crippen LogP contribution in [-0.2, 0) is 11.2 Å². The van der Waals surface area contributed by atoms with Crippen LogP contribution in [0.15, 0.2) is 43.0 Å². The number of hydrogen-bond acceptors (Lipinski definition) is 5. The van der Waals surface area contributed by atoms with Crippen LogP contribution < -0.4 is 15.0 Å². The first kappa shape index (κ1) is 18.3. The van der Waals surface area contributed by atoms with E-state index in [1.165, 1.54) is 0 Å². The average Bonchev–Trinajstić information content (AvgIpc) is 3.18. The van der Waals surface area contributed by atoms with Crippen molar-refractivity contribution < 1.29 is 9.53 Å².